The lowest BCUT2D eigenvalue weighted by molar-refractivity contribution is -0.139. The summed E-state index contributed by atoms with van der Waals surface area (Å²) in [6.07, 6.45) is -2.46. The molecule has 9 heteroatoms. The summed E-state index contributed by atoms with van der Waals surface area (Å²) < 4.78 is 49.5. The Bertz CT molecular complexity index is 585. The van der Waals surface area contributed by atoms with Crippen LogP contribution in [0.5, 0.6) is 5.75 Å². The Labute approximate surface area is 144 Å². The van der Waals surface area contributed by atoms with E-state index in [0.29, 0.717) is 26.3 Å². The molecule has 1 amide bonds. The van der Waals surface area contributed by atoms with Crippen LogP contribution in [0.3, 0.4) is 0 Å². The van der Waals surface area contributed by atoms with Crippen molar-refractivity contribution in [1.29, 1.82) is 0 Å². The Morgan fingerprint density at radius 1 is 1.48 bits per heavy atom. The minimum atomic E-state index is -4.53. The molecule has 6 nitrogen and oxygen atoms in total. The highest BCUT2D eigenvalue weighted by atomic mass is 19.4. The summed E-state index contributed by atoms with van der Waals surface area (Å²) >= 11 is 0. The molecule has 0 aromatic carbocycles. The average molecular weight is 361 g/mol. The number of pyridine rings is 1. The van der Waals surface area contributed by atoms with Crippen molar-refractivity contribution in [3.05, 3.63) is 24.0 Å². The molecule has 0 bridgehead atoms. The van der Waals surface area contributed by atoms with Crippen molar-refractivity contribution < 1.29 is 27.4 Å². The first kappa shape index (κ1) is 19.5. The minimum Gasteiger partial charge on any atom is -0.489 e. The van der Waals surface area contributed by atoms with Gasteiger partial charge in [0.1, 0.15) is 17.9 Å². The number of rotatable bonds is 5. The molecule has 1 aromatic rings. The molecule has 0 saturated carbocycles. The second kappa shape index (κ2) is 8.01. The van der Waals surface area contributed by atoms with E-state index >= 15 is 0 Å². The van der Waals surface area contributed by atoms with E-state index in [4.69, 9.17) is 9.47 Å². The van der Waals surface area contributed by atoms with E-state index in [0.717, 1.165) is 18.5 Å². The molecule has 1 fully saturated rings. The molecule has 2 heterocycles. The Morgan fingerprint density at radius 3 is 2.96 bits per heavy atom. The van der Waals surface area contributed by atoms with Gasteiger partial charge in [0.15, 0.2) is 0 Å². The van der Waals surface area contributed by atoms with Crippen molar-refractivity contribution in [2.24, 2.45) is 5.92 Å². The van der Waals surface area contributed by atoms with Crippen LogP contribution in [-0.4, -0.2) is 49.3 Å². The Morgan fingerprint density at radius 2 is 2.24 bits per heavy atom. The van der Waals surface area contributed by atoms with Gasteiger partial charge < -0.3 is 20.1 Å². The highest BCUT2D eigenvalue weighted by Crippen LogP contribution is 2.35. The van der Waals surface area contributed by atoms with E-state index in [9.17, 15) is 18.0 Å². The highest BCUT2D eigenvalue weighted by Gasteiger charge is 2.35. The monoisotopic (exact) mass is 361 g/mol. The summed E-state index contributed by atoms with van der Waals surface area (Å²) in [5.74, 6) is -0.951. The summed E-state index contributed by atoms with van der Waals surface area (Å²) in [7, 11) is 0. The van der Waals surface area contributed by atoms with Gasteiger partial charge in [-0.1, -0.05) is 0 Å². The van der Waals surface area contributed by atoms with Crippen LogP contribution in [0.25, 0.3) is 0 Å². The van der Waals surface area contributed by atoms with Crippen molar-refractivity contribution in [2.45, 2.75) is 25.6 Å². The Hall–Kier alpha value is -1.87. The van der Waals surface area contributed by atoms with Crippen LogP contribution >= 0.6 is 0 Å². The summed E-state index contributed by atoms with van der Waals surface area (Å²) in [5, 5.41) is 5.89. The molecule has 1 saturated heterocycles. The number of ether oxygens (including phenoxy) is 2. The standard InChI is InChI=1S/C16H22F3N3O3/c1-15(2,22-14(23)11-7-21-5-6-24-9-11)10-25-13-8-20-4-3-12(13)16(17,18)19/h3-4,8,11,21H,5-7,9-10H2,1-2H3,(H,22,23). The fourth-order valence-corrected chi connectivity index (χ4v) is 2.33. The fourth-order valence-electron chi connectivity index (χ4n) is 2.33. The third-order valence-corrected chi connectivity index (χ3v) is 3.64. The molecule has 2 rings (SSSR count). The van der Waals surface area contributed by atoms with E-state index < -0.39 is 17.3 Å². The predicted molar refractivity (Wildman–Crippen MR) is 84.1 cm³/mol. The SMILES string of the molecule is CC(C)(COc1cnccc1C(F)(F)F)NC(=O)C1CNCCOC1. The quantitative estimate of drug-likeness (QED) is 0.834. The van der Waals surface area contributed by atoms with Gasteiger partial charge in [0.2, 0.25) is 5.91 Å². The number of nitrogens with one attached hydrogen (secondary N) is 2. The molecule has 0 radical (unpaired) electrons. The smallest absolute Gasteiger partial charge is 0.420 e. The predicted octanol–water partition coefficient (Wildman–Crippen LogP) is 1.61. The first-order valence-electron chi connectivity index (χ1n) is 7.93. The molecule has 1 unspecified atom stereocenters. The van der Waals surface area contributed by atoms with Gasteiger partial charge in [-0.15, -0.1) is 0 Å². The number of carbonyl (C=O) groups excluding carboxylic acids is 1. The molecule has 1 aliphatic heterocycles. The Balaban J connectivity index is 1.96. The molecular formula is C16H22F3N3O3. The molecule has 0 aliphatic carbocycles. The van der Waals surface area contributed by atoms with Gasteiger partial charge in [-0.05, 0) is 19.9 Å². The number of hydrogen-bond donors (Lipinski definition) is 2. The van der Waals surface area contributed by atoms with Crippen LogP contribution in [0.2, 0.25) is 0 Å². The molecule has 1 atom stereocenters. The number of halogens is 3. The van der Waals surface area contributed by atoms with Gasteiger partial charge in [0, 0.05) is 19.3 Å². The van der Waals surface area contributed by atoms with Crippen molar-refractivity contribution in [3.8, 4) is 5.75 Å². The number of amides is 1. The first-order chi connectivity index (χ1) is 11.7. The molecular weight excluding hydrogens is 339 g/mol. The van der Waals surface area contributed by atoms with Crippen molar-refractivity contribution in [1.82, 2.24) is 15.6 Å². The van der Waals surface area contributed by atoms with Crippen LogP contribution in [0.15, 0.2) is 18.5 Å². The molecule has 140 valence electrons. The van der Waals surface area contributed by atoms with E-state index in [1.165, 1.54) is 0 Å². The third-order valence-electron chi connectivity index (χ3n) is 3.64. The second-order valence-corrected chi connectivity index (χ2v) is 6.51. The normalized spacial score (nSPS) is 19.2. The number of hydrogen-bond acceptors (Lipinski definition) is 5. The van der Waals surface area contributed by atoms with Crippen LogP contribution in [-0.2, 0) is 15.7 Å². The van der Waals surface area contributed by atoms with Crippen LogP contribution in [0.4, 0.5) is 13.2 Å². The lowest BCUT2D eigenvalue weighted by atomic mass is 10.0. The summed E-state index contributed by atoms with van der Waals surface area (Å²) in [6.45, 7) is 5.24. The van der Waals surface area contributed by atoms with Gasteiger partial charge in [-0.2, -0.15) is 13.2 Å². The van der Waals surface area contributed by atoms with E-state index in [2.05, 4.69) is 15.6 Å². The van der Waals surface area contributed by atoms with E-state index in [1.807, 2.05) is 0 Å². The third kappa shape index (κ3) is 5.86. The van der Waals surface area contributed by atoms with E-state index in [1.54, 1.807) is 13.8 Å². The maximum Gasteiger partial charge on any atom is 0.420 e. The zero-order valence-corrected chi connectivity index (χ0v) is 14.2. The lowest BCUT2D eigenvalue weighted by Gasteiger charge is -2.28. The van der Waals surface area contributed by atoms with Crippen molar-refractivity contribution >= 4 is 5.91 Å². The number of nitrogens with zero attached hydrogens (tertiary/aromatic N) is 1. The fraction of sp³-hybridized carbons (Fsp3) is 0.625. The van der Waals surface area contributed by atoms with Crippen molar-refractivity contribution in [2.75, 3.05) is 32.9 Å². The largest absolute Gasteiger partial charge is 0.489 e. The Kier molecular flexibility index (Phi) is 6.23. The number of carbonyl (C=O) groups is 1. The van der Waals surface area contributed by atoms with Gasteiger partial charge in [0.05, 0.1) is 30.9 Å². The maximum absolute atomic E-state index is 13.0. The van der Waals surface area contributed by atoms with Crippen LogP contribution < -0.4 is 15.4 Å². The first-order valence-corrected chi connectivity index (χ1v) is 7.93. The molecule has 1 aromatic heterocycles. The van der Waals surface area contributed by atoms with Gasteiger partial charge in [-0.25, -0.2) is 0 Å². The molecule has 25 heavy (non-hydrogen) atoms. The molecule has 1 aliphatic rings. The molecule has 2 N–H and O–H groups in total. The number of alkyl halides is 3. The highest BCUT2D eigenvalue weighted by molar-refractivity contribution is 5.79. The minimum absolute atomic E-state index is 0.130. The summed E-state index contributed by atoms with van der Waals surface area (Å²) in [6, 6.07) is 0.857. The average Bonchev–Trinajstić information content (AvgIpc) is 2.81. The summed E-state index contributed by atoms with van der Waals surface area (Å²) in [5.41, 5.74) is -1.76. The zero-order valence-electron chi connectivity index (χ0n) is 14.2. The molecule has 0 spiro atoms. The summed E-state index contributed by atoms with van der Waals surface area (Å²) in [4.78, 5) is 16.0. The van der Waals surface area contributed by atoms with Gasteiger partial charge in [0.25, 0.3) is 0 Å². The van der Waals surface area contributed by atoms with Crippen LogP contribution in [0.1, 0.15) is 19.4 Å². The second-order valence-electron chi connectivity index (χ2n) is 6.51. The zero-order chi connectivity index (χ0) is 18.5. The van der Waals surface area contributed by atoms with Crippen molar-refractivity contribution in [3.63, 3.8) is 0 Å². The number of aromatic nitrogens is 1. The lowest BCUT2D eigenvalue weighted by Crippen LogP contribution is -2.51. The van der Waals surface area contributed by atoms with Gasteiger partial charge >= 0.3 is 6.18 Å². The topological polar surface area (TPSA) is 72.5 Å². The van der Waals surface area contributed by atoms with Crippen LogP contribution in [0, 0.1) is 5.92 Å². The maximum atomic E-state index is 13.0. The van der Waals surface area contributed by atoms with E-state index in [-0.39, 0.29) is 24.2 Å². The van der Waals surface area contributed by atoms with Gasteiger partial charge in [-0.3, -0.25) is 9.78 Å².